The molecule has 1 aliphatic carbocycles. The topological polar surface area (TPSA) is 86.5 Å². The van der Waals surface area contributed by atoms with Gasteiger partial charge in [0.15, 0.2) is 0 Å². The number of hydrogen-bond donors (Lipinski definition) is 2. The van der Waals surface area contributed by atoms with Crippen molar-refractivity contribution in [1.82, 2.24) is 14.9 Å². The molecule has 0 radical (unpaired) electrons. The lowest BCUT2D eigenvalue weighted by molar-refractivity contribution is -0.594. The van der Waals surface area contributed by atoms with Crippen LogP contribution in [-0.2, 0) is 4.79 Å². The van der Waals surface area contributed by atoms with Crippen LogP contribution in [0, 0.1) is 17.2 Å². The van der Waals surface area contributed by atoms with E-state index in [0.717, 1.165) is 67.5 Å². The van der Waals surface area contributed by atoms with Gasteiger partial charge in [0.05, 0.1) is 23.2 Å². The van der Waals surface area contributed by atoms with E-state index >= 15 is 0 Å². The number of aromatic nitrogens is 2. The van der Waals surface area contributed by atoms with Crippen molar-refractivity contribution in [1.29, 1.82) is 5.41 Å². The van der Waals surface area contributed by atoms with Crippen molar-refractivity contribution in [2.45, 2.75) is 44.9 Å². The monoisotopic (exact) mass is 440 g/mol. The van der Waals surface area contributed by atoms with Crippen molar-refractivity contribution in [3.05, 3.63) is 41.3 Å². The molecular formula is C24H31ClN5O+. The summed E-state index contributed by atoms with van der Waals surface area (Å²) in [5.41, 5.74) is 3.19. The molecule has 2 fully saturated rings. The first-order valence-electron chi connectivity index (χ1n) is 11.4. The fraction of sp³-hybridized carbons (Fsp3) is 0.500. The number of rotatable bonds is 6. The standard InChI is InChI=1S/C24H30ClN5O/c25-23-7-6-21-22(29-23)12-19(16-28-21)20(13-26)15-27-14-17-8-10-30(11-9-17)24(31)18-4-2-1-3-5-18/h6-7,12-13,15-18,26-27H,1-5,8-11,14H2/p+1/b20-15+,26-13?. The van der Waals surface area contributed by atoms with Gasteiger partial charge < -0.3 is 15.6 Å². The largest absolute Gasteiger partial charge is 0.342 e. The molecule has 1 saturated heterocycles. The van der Waals surface area contributed by atoms with Gasteiger partial charge in [0.25, 0.3) is 0 Å². The first kappa shape index (κ1) is 21.9. The molecule has 1 saturated carbocycles. The number of nitrogens with one attached hydrogen (secondary N) is 1. The number of nitrogens with two attached hydrogens (primary N) is 1. The van der Waals surface area contributed by atoms with Crippen LogP contribution in [0.15, 0.2) is 30.6 Å². The number of quaternary nitrogens is 1. The number of carbonyl (C=O) groups excluding carboxylic acids is 1. The second-order valence-corrected chi connectivity index (χ2v) is 9.12. The Bertz CT molecular complexity index is 962. The van der Waals surface area contributed by atoms with Crippen LogP contribution in [0.2, 0.25) is 5.15 Å². The smallest absolute Gasteiger partial charge is 0.225 e. The van der Waals surface area contributed by atoms with Crippen molar-refractivity contribution < 1.29 is 10.1 Å². The SMILES string of the molecule is N=C/C(=C\[NH2+]CC1CCN(C(=O)C2CCCCC2)CC1)c1cnc2ccc(Cl)nc2c1. The molecule has 3 heterocycles. The van der Waals surface area contributed by atoms with Gasteiger partial charge in [-0.1, -0.05) is 30.9 Å². The Morgan fingerprint density at radius 3 is 2.68 bits per heavy atom. The summed E-state index contributed by atoms with van der Waals surface area (Å²) in [6, 6.07) is 5.50. The van der Waals surface area contributed by atoms with Crippen LogP contribution in [0.3, 0.4) is 0 Å². The quantitative estimate of drug-likeness (QED) is 0.530. The molecule has 0 unspecified atom stereocenters. The Morgan fingerprint density at radius 1 is 1.16 bits per heavy atom. The predicted molar refractivity (Wildman–Crippen MR) is 124 cm³/mol. The molecule has 2 aromatic heterocycles. The summed E-state index contributed by atoms with van der Waals surface area (Å²) < 4.78 is 0. The maximum Gasteiger partial charge on any atom is 0.225 e. The molecule has 0 atom stereocenters. The van der Waals surface area contributed by atoms with E-state index in [-0.39, 0.29) is 5.92 Å². The van der Waals surface area contributed by atoms with E-state index in [1.807, 2.05) is 18.3 Å². The number of nitrogens with zero attached hydrogens (tertiary/aromatic N) is 3. The van der Waals surface area contributed by atoms with Gasteiger partial charge in [-0.15, -0.1) is 0 Å². The zero-order valence-corrected chi connectivity index (χ0v) is 18.7. The third kappa shape index (κ3) is 5.49. The lowest BCUT2D eigenvalue weighted by Crippen LogP contribution is -2.80. The van der Waals surface area contributed by atoms with E-state index in [1.54, 1.807) is 12.3 Å². The number of hydrogen-bond acceptors (Lipinski definition) is 4. The molecule has 6 nitrogen and oxygen atoms in total. The highest BCUT2D eigenvalue weighted by atomic mass is 35.5. The van der Waals surface area contributed by atoms with E-state index in [0.29, 0.717) is 17.0 Å². The Hall–Kier alpha value is -2.31. The first-order chi connectivity index (χ1) is 15.1. The molecule has 1 amide bonds. The number of halogens is 1. The minimum atomic E-state index is 0.273. The van der Waals surface area contributed by atoms with E-state index in [9.17, 15) is 4.79 Å². The molecule has 0 spiro atoms. The average Bonchev–Trinajstić information content (AvgIpc) is 2.82. The Morgan fingerprint density at radius 2 is 1.94 bits per heavy atom. The summed E-state index contributed by atoms with van der Waals surface area (Å²) in [5.74, 6) is 1.26. The number of amides is 1. The van der Waals surface area contributed by atoms with Crippen LogP contribution in [0.1, 0.15) is 50.5 Å². The van der Waals surface area contributed by atoms with Crippen molar-refractivity contribution in [2.24, 2.45) is 11.8 Å². The van der Waals surface area contributed by atoms with Gasteiger partial charge in [-0.3, -0.25) is 9.78 Å². The number of pyridine rings is 2. The zero-order valence-electron chi connectivity index (χ0n) is 17.9. The maximum absolute atomic E-state index is 12.7. The summed E-state index contributed by atoms with van der Waals surface area (Å²) in [7, 11) is 0. The number of allylic oxidation sites excluding steroid dienone is 1. The number of piperidine rings is 1. The number of carbonyl (C=O) groups is 1. The lowest BCUT2D eigenvalue weighted by atomic mass is 9.87. The third-order valence-corrected chi connectivity index (χ3v) is 6.85. The van der Waals surface area contributed by atoms with Crippen LogP contribution in [-0.4, -0.2) is 46.6 Å². The van der Waals surface area contributed by atoms with Crippen LogP contribution in [0.25, 0.3) is 16.6 Å². The lowest BCUT2D eigenvalue weighted by Gasteiger charge is -2.34. The van der Waals surface area contributed by atoms with Gasteiger partial charge in [-0.2, -0.15) is 0 Å². The highest BCUT2D eigenvalue weighted by Crippen LogP contribution is 2.27. The second kappa shape index (κ2) is 10.3. The fourth-order valence-corrected chi connectivity index (χ4v) is 4.91. The normalized spacial score (nSPS) is 19.0. The molecular weight excluding hydrogens is 410 g/mol. The van der Waals surface area contributed by atoms with Crippen LogP contribution < -0.4 is 5.32 Å². The molecule has 2 aliphatic rings. The molecule has 4 rings (SSSR count). The predicted octanol–water partition coefficient (Wildman–Crippen LogP) is 3.66. The van der Waals surface area contributed by atoms with Crippen molar-refractivity contribution >= 4 is 40.3 Å². The Balaban J connectivity index is 1.30. The summed E-state index contributed by atoms with van der Waals surface area (Å²) >= 11 is 6.00. The van der Waals surface area contributed by atoms with E-state index in [2.05, 4.69) is 20.2 Å². The van der Waals surface area contributed by atoms with Gasteiger partial charge in [-0.25, -0.2) is 4.98 Å². The minimum Gasteiger partial charge on any atom is -0.342 e. The van der Waals surface area contributed by atoms with E-state index in [4.69, 9.17) is 17.0 Å². The summed E-state index contributed by atoms with van der Waals surface area (Å²) in [5, 5.41) is 10.4. The molecule has 0 aromatic carbocycles. The van der Waals surface area contributed by atoms with Gasteiger partial charge in [-0.05, 0) is 43.9 Å². The van der Waals surface area contributed by atoms with Crippen molar-refractivity contribution in [3.8, 4) is 0 Å². The van der Waals surface area contributed by atoms with Crippen LogP contribution >= 0.6 is 11.6 Å². The van der Waals surface area contributed by atoms with Crippen LogP contribution in [0.4, 0.5) is 0 Å². The summed E-state index contributed by atoms with van der Waals surface area (Å²) in [4.78, 5) is 23.6. The van der Waals surface area contributed by atoms with Crippen molar-refractivity contribution in [2.75, 3.05) is 19.6 Å². The van der Waals surface area contributed by atoms with Gasteiger partial charge in [0, 0.05) is 42.9 Å². The summed E-state index contributed by atoms with van der Waals surface area (Å²) in [6.45, 7) is 2.74. The van der Waals surface area contributed by atoms with E-state index in [1.165, 1.54) is 25.5 Å². The number of fused-ring (bicyclic) bond motifs is 1. The second-order valence-electron chi connectivity index (χ2n) is 8.74. The number of likely N-dealkylation sites (tertiary alicyclic amines) is 1. The third-order valence-electron chi connectivity index (χ3n) is 6.64. The van der Waals surface area contributed by atoms with E-state index < -0.39 is 0 Å². The minimum absolute atomic E-state index is 0.273. The molecule has 7 heteroatoms. The average molecular weight is 441 g/mol. The van der Waals surface area contributed by atoms with Crippen LogP contribution in [0.5, 0.6) is 0 Å². The molecule has 164 valence electrons. The fourth-order valence-electron chi connectivity index (χ4n) is 4.75. The first-order valence-corrected chi connectivity index (χ1v) is 11.8. The highest BCUT2D eigenvalue weighted by Gasteiger charge is 2.29. The zero-order chi connectivity index (χ0) is 21.6. The van der Waals surface area contributed by atoms with Gasteiger partial charge in [0.2, 0.25) is 5.91 Å². The van der Waals surface area contributed by atoms with Gasteiger partial charge in [0.1, 0.15) is 11.4 Å². The van der Waals surface area contributed by atoms with Gasteiger partial charge >= 0.3 is 0 Å². The molecule has 2 aromatic rings. The molecule has 0 bridgehead atoms. The highest BCUT2D eigenvalue weighted by molar-refractivity contribution is 6.29. The molecule has 3 N–H and O–H groups in total. The van der Waals surface area contributed by atoms with Crippen molar-refractivity contribution in [3.63, 3.8) is 0 Å². The molecule has 1 aliphatic heterocycles. The Kier molecular flexibility index (Phi) is 7.30. The summed E-state index contributed by atoms with van der Waals surface area (Å²) in [6.07, 6.45) is 13.1. The molecule has 31 heavy (non-hydrogen) atoms. The maximum atomic E-state index is 12.7. The Labute approximate surface area is 188 Å².